The van der Waals surface area contributed by atoms with Crippen LogP contribution in [0.15, 0.2) is 12.1 Å². The standard InChI is InChI=1S/C8H10ClNO3/c1-13-8-2-5(4-10-12)6(9)3-7(8)11/h2-3,10-12H,4H2,1H3. The minimum Gasteiger partial charge on any atom is -0.504 e. The van der Waals surface area contributed by atoms with E-state index in [0.717, 1.165) is 0 Å². The third kappa shape index (κ3) is 2.24. The quantitative estimate of drug-likeness (QED) is 0.652. The maximum Gasteiger partial charge on any atom is 0.160 e. The van der Waals surface area contributed by atoms with Gasteiger partial charge in [0, 0.05) is 17.6 Å². The van der Waals surface area contributed by atoms with Crippen LogP contribution < -0.4 is 10.2 Å². The number of hydroxylamine groups is 1. The van der Waals surface area contributed by atoms with Gasteiger partial charge >= 0.3 is 0 Å². The van der Waals surface area contributed by atoms with Crippen LogP contribution in [0.4, 0.5) is 0 Å². The summed E-state index contributed by atoms with van der Waals surface area (Å²) >= 11 is 5.77. The van der Waals surface area contributed by atoms with Gasteiger partial charge in [0.1, 0.15) is 0 Å². The van der Waals surface area contributed by atoms with Gasteiger partial charge in [-0.1, -0.05) is 11.6 Å². The summed E-state index contributed by atoms with van der Waals surface area (Å²) in [6.07, 6.45) is 0. The predicted molar refractivity (Wildman–Crippen MR) is 48.3 cm³/mol. The maximum absolute atomic E-state index is 9.29. The Morgan fingerprint density at radius 3 is 2.77 bits per heavy atom. The largest absolute Gasteiger partial charge is 0.504 e. The summed E-state index contributed by atoms with van der Waals surface area (Å²) in [7, 11) is 1.44. The highest BCUT2D eigenvalue weighted by Gasteiger charge is 2.07. The van der Waals surface area contributed by atoms with E-state index in [4.69, 9.17) is 21.5 Å². The van der Waals surface area contributed by atoms with Gasteiger partial charge in [-0.05, 0) is 11.6 Å². The highest BCUT2D eigenvalue weighted by Crippen LogP contribution is 2.31. The van der Waals surface area contributed by atoms with Crippen LogP contribution >= 0.6 is 11.6 Å². The van der Waals surface area contributed by atoms with Gasteiger partial charge in [-0.25, -0.2) is 5.48 Å². The number of phenolic OH excluding ortho intramolecular Hbond substituents is 1. The van der Waals surface area contributed by atoms with Crippen LogP contribution in [0, 0.1) is 0 Å². The van der Waals surface area contributed by atoms with Crippen molar-refractivity contribution in [2.45, 2.75) is 6.54 Å². The number of nitrogens with one attached hydrogen (secondary N) is 1. The van der Waals surface area contributed by atoms with Gasteiger partial charge in [0.2, 0.25) is 0 Å². The minimum absolute atomic E-state index is 0.0193. The average molecular weight is 204 g/mol. The van der Waals surface area contributed by atoms with Crippen LogP contribution in [0.3, 0.4) is 0 Å². The van der Waals surface area contributed by atoms with Crippen molar-refractivity contribution in [3.05, 3.63) is 22.7 Å². The molecule has 1 aromatic rings. The van der Waals surface area contributed by atoms with Gasteiger partial charge in [0.15, 0.2) is 11.5 Å². The fourth-order valence-corrected chi connectivity index (χ4v) is 1.19. The average Bonchev–Trinajstić information content (AvgIpc) is 2.10. The van der Waals surface area contributed by atoms with E-state index in [1.807, 2.05) is 5.48 Å². The molecule has 0 aliphatic carbocycles. The Balaban J connectivity index is 3.06. The van der Waals surface area contributed by atoms with E-state index in [-0.39, 0.29) is 12.3 Å². The lowest BCUT2D eigenvalue weighted by atomic mass is 10.2. The van der Waals surface area contributed by atoms with Gasteiger partial charge in [-0.15, -0.1) is 0 Å². The van der Waals surface area contributed by atoms with Gasteiger partial charge in [0.05, 0.1) is 7.11 Å². The number of hydrogen-bond acceptors (Lipinski definition) is 4. The molecule has 0 heterocycles. The summed E-state index contributed by atoms with van der Waals surface area (Å²) in [6, 6.07) is 2.92. The van der Waals surface area contributed by atoms with Crippen LogP contribution in [-0.2, 0) is 6.54 Å². The molecule has 0 saturated carbocycles. The van der Waals surface area contributed by atoms with Crippen molar-refractivity contribution >= 4 is 11.6 Å². The molecule has 4 nitrogen and oxygen atoms in total. The van der Waals surface area contributed by atoms with E-state index in [9.17, 15) is 5.11 Å². The Morgan fingerprint density at radius 1 is 1.54 bits per heavy atom. The number of methoxy groups -OCH3 is 1. The van der Waals surface area contributed by atoms with Crippen LogP contribution in [0.1, 0.15) is 5.56 Å². The van der Waals surface area contributed by atoms with E-state index in [2.05, 4.69) is 0 Å². The number of rotatable bonds is 3. The first-order valence-electron chi connectivity index (χ1n) is 3.61. The lowest BCUT2D eigenvalue weighted by molar-refractivity contribution is 0.161. The molecular formula is C8H10ClNO3. The fourth-order valence-electron chi connectivity index (χ4n) is 0.969. The lowest BCUT2D eigenvalue weighted by Gasteiger charge is -2.07. The van der Waals surface area contributed by atoms with Crippen LogP contribution in [0.25, 0.3) is 0 Å². The highest BCUT2D eigenvalue weighted by molar-refractivity contribution is 6.31. The third-order valence-corrected chi connectivity index (χ3v) is 1.97. The molecule has 0 aromatic heterocycles. The SMILES string of the molecule is COc1cc(CNO)c(Cl)cc1O. The molecular weight excluding hydrogens is 194 g/mol. The maximum atomic E-state index is 9.29. The first-order chi connectivity index (χ1) is 6.19. The molecule has 5 heteroatoms. The van der Waals surface area contributed by atoms with E-state index in [0.29, 0.717) is 16.3 Å². The molecule has 0 aliphatic rings. The second kappa shape index (κ2) is 4.32. The molecule has 1 rings (SSSR count). The van der Waals surface area contributed by atoms with Crippen molar-refractivity contribution in [3.8, 4) is 11.5 Å². The number of halogens is 1. The van der Waals surface area contributed by atoms with Crippen molar-refractivity contribution in [2.75, 3.05) is 7.11 Å². The molecule has 0 amide bonds. The zero-order valence-corrected chi connectivity index (χ0v) is 7.80. The molecule has 1 aromatic carbocycles. The summed E-state index contributed by atoms with van der Waals surface area (Å²) in [4.78, 5) is 0. The summed E-state index contributed by atoms with van der Waals surface area (Å²) in [5.41, 5.74) is 2.63. The van der Waals surface area contributed by atoms with Crippen LogP contribution in [0.5, 0.6) is 11.5 Å². The van der Waals surface area contributed by atoms with E-state index in [1.54, 1.807) is 6.07 Å². The van der Waals surface area contributed by atoms with Crippen LogP contribution in [-0.4, -0.2) is 17.4 Å². The Hall–Kier alpha value is -0.970. The van der Waals surface area contributed by atoms with Crippen molar-refractivity contribution in [1.82, 2.24) is 5.48 Å². The summed E-state index contributed by atoms with van der Waals surface area (Å²) in [5, 5.41) is 18.1. The van der Waals surface area contributed by atoms with Crippen molar-refractivity contribution in [2.24, 2.45) is 0 Å². The summed E-state index contributed by atoms with van der Waals surface area (Å²) < 4.78 is 4.87. The Kier molecular flexibility index (Phi) is 3.36. The molecule has 0 saturated heterocycles. The first-order valence-corrected chi connectivity index (χ1v) is 3.99. The molecule has 0 spiro atoms. The van der Waals surface area contributed by atoms with E-state index in [1.165, 1.54) is 13.2 Å². The van der Waals surface area contributed by atoms with Gasteiger partial charge in [0.25, 0.3) is 0 Å². The number of hydrogen-bond donors (Lipinski definition) is 3. The molecule has 0 fully saturated rings. The number of phenols is 1. The second-order valence-electron chi connectivity index (χ2n) is 2.45. The topological polar surface area (TPSA) is 61.7 Å². The molecule has 3 N–H and O–H groups in total. The molecule has 0 unspecified atom stereocenters. The first kappa shape index (κ1) is 10.1. The van der Waals surface area contributed by atoms with Crippen molar-refractivity contribution in [3.63, 3.8) is 0 Å². The minimum atomic E-state index is -0.0193. The Labute approximate surface area is 80.7 Å². The van der Waals surface area contributed by atoms with Crippen LogP contribution in [0.2, 0.25) is 5.02 Å². The fraction of sp³-hybridized carbons (Fsp3) is 0.250. The molecule has 13 heavy (non-hydrogen) atoms. The molecule has 0 radical (unpaired) electrons. The monoisotopic (exact) mass is 203 g/mol. The molecule has 72 valence electrons. The van der Waals surface area contributed by atoms with E-state index < -0.39 is 0 Å². The smallest absolute Gasteiger partial charge is 0.160 e. The molecule has 0 aliphatic heterocycles. The number of benzene rings is 1. The zero-order chi connectivity index (χ0) is 9.84. The highest BCUT2D eigenvalue weighted by atomic mass is 35.5. The molecule has 0 atom stereocenters. The normalized spacial score (nSPS) is 10.1. The zero-order valence-electron chi connectivity index (χ0n) is 7.04. The summed E-state index contributed by atoms with van der Waals surface area (Å²) in [5.74, 6) is 0.309. The number of aromatic hydroxyl groups is 1. The van der Waals surface area contributed by atoms with E-state index >= 15 is 0 Å². The predicted octanol–water partition coefficient (Wildman–Crippen LogP) is 1.53. The van der Waals surface area contributed by atoms with Crippen molar-refractivity contribution in [1.29, 1.82) is 0 Å². The molecule has 0 bridgehead atoms. The van der Waals surface area contributed by atoms with Gasteiger partial charge in [-0.3, -0.25) is 0 Å². The Morgan fingerprint density at radius 2 is 2.23 bits per heavy atom. The summed E-state index contributed by atoms with van der Waals surface area (Å²) in [6.45, 7) is 0.204. The Bertz CT molecular complexity index is 304. The third-order valence-electron chi connectivity index (χ3n) is 1.62. The van der Waals surface area contributed by atoms with Gasteiger partial charge < -0.3 is 15.1 Å². The number of ether oxygens (including phenoxy) is 1. The lowest BCUT2D eigenvalue weighted by Crippen LogP contribution is -2.06. The van der Waals surface area contributed by atoms with Crippen molar-refractivity contribution < 1.29 is 15.1 Å². The second-order valence-corrected chi connectivity index (χ2v) is 2.86. The van der Waals surface area contributed by atoms with Gasteiger partial charge in [-0.2, -0.15) is 0 Å².